The molecule has 0 unspecified atom stereocenters. The Morgan fingerprint density at radius 3 is 2.44 bits per heavy atom. The maximum atomic E-state index is 11.5. The van der Waals surface area contributed by atoms with Crippen LogP contribution in [0.25, 0.3) is 0 Å². The van der Waals surface area contributed by atoms with E-state index in [4.69, 9.17) is 5.73 Å². The summed E-state index contributed by atoms with van der Waals surface area (Å²) >= 11 is 1.57. The number of benzene rings is 1. The number of sulfone groups is 1. The van der Waals surface area contributed by atoms with Crippen LogP contribution >= 0.6 is 11.8 Å². The van der Waals surface area contributed by atoms with Crippen molar-refractivity contribution in [1.82, 2.24) is 0 Å². The number of hydrogen-bond acceptors (Lipinski definition) is 4. The zero-order valence-electron chi connectivity index (χ0n) is 9.13. The Morgan fingerprint density at radius 2 is 1.81 bits per heavy atom. The smallest absolute Gasteiger partial charge is 0.151 e. The first-order valence-corrected chi connectivity index (χ1v) is 8.03. The summed E-state index contributed by atoms with van der Waals surface area (Å²) < 4.78 is 23.0. The molecule has 0 saturated heterocycles. The molecule has 1 aromatic carbocycles. The molecule has 90 valence electrons. The van der Waals surface area contributed by atoms with Crippen molar-refractivity contribution in [2.24, 2.45) is 5.73 Å². The lowest BCUT2D eigenvalue weighted by atomic mass is 10.4. The van der Waals surface area contributed by atoms with Crippen LogP contribution in [-0.4, -0.2) is 32.2 Å². The minimum absolute atomic E-state index is 0.207. The molecule has 0 aliphatic rings. The zero-order chi connectivity index (χ0) is 11.9. The fraction of sp³-hybridized carbons (Fsp3) is 0.455. The summed E-state index contributed by atoms with van der Waals surface area (Å²) in [6.45, 7) is 0.436. The molecule has 0 heterocycles. The number of rotatable bonds is 7. The van der Waals surface area contributed by atoms with Gasteiger partial charge in [0.15, 0.2) is 9.84 Å². The molecule has 0 bridgehead atoms. The SMILES string of the molecule is NCCCS(=O)(=O)CCSc1ccccc1. The Morgan fingerprint density at radius 1 is 1.12 bits per heavy atom. The third-order valence-corrected chi connectivity index (χ3v) is 5.07. The Hall–Kier alpha value is -0.520. The molecule has 0 radical (unpaired) electrons. The van der Waals surface area contributed by atoms with Crippen LogP contribution in [0.2, 0.25) is 0 Å². The van der Waals surface area contributed by atoms with Gasteiger partial charge in [0.1, 0.15) is 0 Å². The summed E-state index contributed by atoms with van der Waals surface area (Å²) in [6.07, 6.45) is 0.554. The van der Waals surface area contributed by atoms with Crippen LogP contribution in [-0.2, 0) is 9.84 Å². The standard InChI is InChI=1S/C11H17NO2S2/c12-7-4-9-16(13,14)10-8-15-11-5-2-1-3-6-11/h1-3,5-6H,4,7-10,12H2. The molecule has 0 aliphatic heterocycles. The van der Waals surface area contributed by atoms with Crippen molar-refractivity contribution in [2.75, 3.05) is 23.8 Å². The van der Waals surface area contributed by atoms with Gasteiger partial charge in [-0.1, -0.05) is 18.2 Å². The van der Waals surface area contributed by atoms with Crippen LogP contribution < -0.4 is 5.73 Å². The van der Waals surface area contributed by atoms with Crippen LogP contribution in [0.4, 0.5) is 0 Å². The van der Waals surface area contributed by atoms with Crippen LogP contribution in [0.15, 0.2) is 35.2 Å². The molecular weight excluding hydrogens is 242 g/mol. The predicted molar refractivity (Wildman–Crippen MR) is 69.5 cm³/mol. The molecule has 0 amide bonds. The molecule has 1 aromatic rings. The lowest BCUT2D eigenvalue weighted by molar-refractivity contribution is 0.595. The monoisotopic (exact) mass is 259 g/mol. The summed E-state index contributed by atoms with van der Waals surface area (Å²) in [5.41, 5.74) is 5.29. The van der Waals surface area contributed by atoms with Crippen LogP contribution in [0.5, 0.6) is 0 Å². The van der Waals surface area contributed by atoms with Crippen molar-refractivity contribution in [2.45, 2.75) is 11.3 Å². The second-order valence-electron chi connectivity index (χ2n) is 3.46. The van der Waals surface area contributed by atoms with Crippen molar-refractivity contribution in [3.63, 3.8) is 0 Å². The maximum Gasteiger partial charge on any atom is 0.151 e. The Balaban J connectivity index is 2.30. The quantitative estimate of drug-likeness (QED) is 0.755. The average molecular weight is 259 g/mol. The van der Waals surface area contributed by atoms with Gasteiger partial charge in [0.25, 0.3) is 0 Å². The summed E-state index contributed by atoms with van der Waals surface area (Å²) in [4.78, 5) is 1.11. The van der Waals surface area contributed by atoms with Gasteiger partial charge in [0, 0.05) is 10.6 Å². The largest absolute Gasteiger partial charge is 0.330 e. The van der Waals surface area contributed by atoms with Crippen molar-refractivity contribution in [1.29, 1.82) is 0 Å². The second kappa shape index (κ2) is 6.93. The fourth-order valence-electron chi connectivity index (χ4n) is 1.21. The Kier molecular flexibility index (Phi) is 5.87. The topological polar surface area (TPSA) is 60.2 Å². The first-order valence-electron chi connectivity index (χ1n) is 5.22. The number of nitrogens with two attached hydrogens (primary N) is 1. The van der Waals surface area contributed by atoms with E-state index in [1.807, 2.05) is 30.3 Å². The first-order chi connectivity index (χ1) is 7.64. The molecule has 0 aromatic heterocycles. The van der Waals surface area contributed by atoms with E-state index >= 15 is 0 Å². The van der Waals surface area contributed by atoms with E-state index in [1.165, 1.54) is 0 Å². The van der Waals surface area contributed by atoms with E-state index < -0.39 is 9.84 Å². The zero-order valence-corrected chi connectivity index (χ0v) is 10.8. The number of thioether (sulfide) groups is 1. The third kappa shape index (κ3) is 5.53. The second-order valence-corrected chi connectivity index (χ2v) is 6.93. The third-order valence-electron chi connectivity index (χ3n) is 2.07. The van der Waals surface area contributed by atoms with Crippen molar-refractivity contribution in [3.8, 4) is 0 Å². The minimum Gasteiger partial charge on any atom is -0.330 e. The van der Waals surface area contributed by atoms with Crippen molar-refractivity contribution in [3.05, 3.63) is 30.3 Å². The number of hydrogen-bond donors (Lipinski definition) is 1. The van der Waals surface area contributed by atoms with E-state index in [9.17, 15) is 8.42 Å². The molecule has 2 N–H and O–H groups in total. The normalized spacial score (nSPS) is 11.6. The highest BCUT2D eigenvalue weighted by molar-refractivity contribution is 8.00. The highest BCUT2D eigenvalue weighted by atomic mass is 32.2. The van der Waals surface area contributed by atoms with Crippen molar-refractivity contribution >= 4 is 21.6 Å². The van der Waals surface area contributed by atoms with E-state index in [0.29, 0.717) is 18.7 Å². The molecule has 0 atom stereocenters. The Labute approximate surface area is 101 Å². The van der Waals surface area contributed by atoms with E-state index in [2.05, 4.69) is 0 Å². The van der Waals surface area contributed by atoms with Gasteiger partial charge < -0.3 is 5.73 Å². The van der Waals surface area contributed by atoms with E-state index in [1.54, 1.807) is 11.8 Å². The van der Waals surface area contributed by atoms with Gasteiger partial charge in [-0.05, 0) is 25.1 Å². The highest BCUT2D eigenvalue weighted by Crippen LogP contribution is 2.17. The van der Waals surface area contributed by atoms with Gasteiger partial charge in [-0.3, -0.25) is 0 Å². The minimum atomic E-state index is -2.91. The van der Waals surface area contributed by atoms with Gasteiger partial charge in [0.2, 0.25) is 0 Å². The van der Waals surface area contributed by atoms with Crippen LogP contribution in [0.1, 0.15) is 6.42 Å². The van der Waals surface area contributed by atoms with E-state index in [0.717, 1.165) is 4.90 Å². The van der Waals surface area contributed by atoms with Crippen molar-refractivity contribution < 1.29 is 8.42 Å². The summed E-state index contributed by atoms with van der Waals surface area (Å²) in [5.74, 6) is 1.04. The van der Waals surface area contributed by atoms with Gasteiger partial charge in [-0.2, -0.15) is 0 Å². The molecule has 0 fully saturated rings. The van der Waals surface area contributed by atoms with Crippen LogP contribution in [0.3, 0.4) is 0 Å². The molecule has 16 heavy (non-hydrogen) atoms. The van der Waals surface area contributed by atoms with Crippen LogP contribution in [0, 0.1) is 0 Å². The first kappa shape index (κ1) is 13.5. The molecular formula is C11H17NO2S2. The lowest BCUT2D eigenvalue weighted by Crippen LogP contribution is -2.15. The molecule has 0 spiro atoms. The average Bonchev–Trinajstić information content (AvgIpc) is 2.28. The Bertz CT molecular complexity index is 390. The summed E-state index contributed by atoms with van der Waals surface area (Å²) in [5, 5.41) is 0. The summed E-state index contributed by atoms with van der Waals surface area (Å²) in [6, 6.07) is 9.81. The van der Waals surface area contributed by atoms with Gasteiger partial charge in [-0.25, -0.2) is 8.42 Å². The fourth-order valence-corrected chi connectivity index (χ4v) is 3.95. The molecule has 3 nitrogen and oxygen atoms in total. The molecule has 0 aliphatic carbocycles. The molecule has 1 rings (SSSR count). The van der Waals surface area contributed by atoms with Gasteiger partial charge in [-0.15, -0.1) is 11.8 Å². The van der Waals surface area contributed by atoms with Gasteiger partial charge in [0.05, 0.1) is 11.5 Å². The highest BCUT2D eigenvalue weighted by Gasteiger charge is 2.09. The predicted octanol–water partition coefficient (Wildman–Crippen LogP) is 1.54. The molecule has 0 saturated carbocycles. The van der Waals surface area contributed by atoms with Gasteiger partial charge >= 0.3 is 0 Å². The summed E-state index contributed by atoms with van der Waals surface area (Å²) in [7, 11) is -2.91. The maximum absolute atomic E-state index is 11.5. The lowest BCUT2D eigenvalue weighted by Gasteiger charge is -2.03. The molecule has 5 heteroatoms. The van der Waals surface area contributed by atoms with E-state index in [-0.39, 0.29) is 11.5 Å².